The van der Waals surface area contributed by atoms with E-state index < -0.39 is 0 Å². The predicted molar refractivity (Wildman–Crippen MR) is 117 cm³/mol. The summed E-state index contributed by atoms with van der Waals surface area (Å²) in [6, 6.07) is 5.90. The Labute approximate surface area is 175 Å². The predicted octanol–water partition coefficient (Wildman–Crippen LogP) is 2.24. The first-order chi connectivity index (χ1) is 13.8. The number of carbonyl (C=O) groups is 1. The van der Waals surface area contributed by atoms with Crippen molar-refractivity contribution in [3.05, 3.63) is 23.8 Å². The minimum atomic E-state index is -0.201. The number of rotatable bonds is 7. The molecular weight excluding hydrogens is 366 g/mol. The van der Waals surface area contributed by atoms with E-state index in [1.54, 1.807) is 0 Å². The minimum absolute atomic E-state index is 0.0120. The van der Waals surface area contributed by atoms with Crippen LogP contribution in [0.1, 0.15) is 32.3 Å². The number of hydrogen-bond acceptors (Lipinski definition) is 5. The summed E-state index contributed by atoms with van der Waals surface area (Å²) in [6.07, 6.45) is 2.94. The first-order valence-electron chi connectivity index (χ1n) is 10.8. The van der Waals surface area contributed by atoms with Gasteiger partial charge in [0.05, 0.1) is 19.1 Å². The van der Waals surface area contributed by atoms with Gasteiger partial charge in [-0.1, -0.05) is 6.92 Å². The van der Waals surface area contributed by atoms with Crippen LogP contribution in [0.5, 0.6) is 5.75 Å². The number of nitrogens with zero attached hydrogens (tertiary/aromatic N) is 3. The van der Waals surface area contributed by atoms with Gasteiger partial charge in [0.2, 0.25) is 5.91 Å². The largest absolute Gasteiger partial charge is 0.488 e. The summed E-state index contributed by atoms with van der Waals surface area (Å²) in [4.78, 5) is 19.4. The number of aliphatic hydroxyl groups excluding tert-OH is 1. The first-order valence-corrected chi connectivity index (χ1v) is 10.8. The third-order valence-corrected chi connectivity index (χ3v) is 6.17. The van der Waals surface area contributed by atoms with E-state index in [9.17, 15) is 9.90 Å². The Morgan fingerprint density at radius 1 is 1.24 bits per heavy atom. The van der Waals surface area contributed by atoms with Crippen molar-refractivity contribution in [1.29, 1.82) is 0 Å². The zero-order valence-corrected chi connectivity index (χ0v) is 18.6. The summed E-state index contributed by atoms with van der Waals surface area (Å²) < 4.78 is 6.55. The molecule has 3 rings (SSSR count). The lowest BCUT2D eigenvalue weighted by atomic mass is 10.0. The Kier molecular flexibility index (Phi) is 7.06. The molecule has 1 N–H and O–H groups in total. The van der Waals surface area contributed by atoms with Crippen LogP contribution in [0.4, 0.5) is 5.69 Å². The molecule has 0 spiro atoms. The fourth-order valence-corrected chi connectivity index (χ4v) is 4.03. The Morgan fingerprint density at radius 3 is 2.59 bits per heavy atom. The van der Waals surface area contributed by atoms with Gasteiger partial charge in [-0.25, -0.2) is 0 Å². The molecule has 1 saturated carbocycles. The maximum atomic E-state index is 13.1. The number of anilines is 1. The second-order valence-corrected chi connectivity index (χ2v) is 9.24. The van der Waals surface area contributed by atoms with Crippen molar-refractivity contribution in [3.63, 3.8) is 0 Å². The van der Waals surface area contributed by atoms with Crippen LogP contribution < -0.4 is 9.64 Å². The maximum absolute atomic E-state index is 13.1. The van der Waals surface area contributed by atoms with Crippen LogP contribution in [-0.4, -0.2) is 80.3 Å². The summed E-state index contributed by atoms with van der Waals surface area (Å²) in [5.74, 6) is 1.84. The molecule has 1 aromatic rings. The molecule has 0 radical (unpaired) electrons. The van der Waals surface area contributed by atoms with E-state index in [0.29, 0.717) is 13.0 Å². The molecule has 2 aliphatic rings. The molecule has 162 valence electrons. The van der Waals surface area contributed by atoms with Crippen LogP contribution in [0.3, 0.4) is 0 Å². The van der Waals surface area contributed by atoms with E-state index in [1.807, 2.05) is 43.0 Å². The molecule has 1 aromatic carbocycles. The Balaban J connectivity index is 1.90. The molecule has 0 saturated heterocycles. The van der Waals surface area contributed by atoms with Gasteiger partial charge >= 0.3 is 0 Å². The first kappa shape index (κ1) is 21.9. The number of aliphatic hydroxyl groups is 1. The van der Waals surface area contributed by atoms with Crippen LogP contribution in [-0.2, 0) is 11.2 Å². The van der Waals surface area contributed by atoms with E-state index in [1.165, 1.54) is 12.8 Å². The summed E-state index contributed by atoms with van der Waals surface area (Å²) in [6.45, 7) is 6.57. The molecule has 1 aliphatic carbocycles. The molecule has 0 aromatic heterocycles. The van der Waals surface area contributed by atoms with Crippen molar-refractivity contribution in [2.24, 2.45) is 11.8 Å². The van der Waals surface area contributed by atoms with Crippen LogP contribution in [0.15, 0.2) is 18.2 Å². The second kappa shape index (κ2) is 9.35. The highest BCUT2D eigenvalue weighted by Crippen LogP contribution is 2.31. The zero-order valence-electron chi connectivity index (χ0n) is 18.6. The Hall–Kier alpha value is -1.79. The highest BCUT2D eigenvalue weighted by Gasteiger charge is 2.32. The number of carbonyl (C=O) groups excluding carboxylic acids is 1. The number of benzene rings is 1. The standard InChI is InChI=1S/C23H37N3O3/c1-16-12-26(17(2)15-27)23(28)11-19-10-20(24(3)4)8-9-21(19)29-22(16)14-25(5)13-18-6-7-18/h8-10,16-18,22,27H,6-7,11-15H2,1-5H3/t16-,17-,22+/m1/s1. The van der Waals surface area contributed by atoms with Gasteiger partial charge in [0.25, 0.3) is 0 Å². The topological polar surface area (TPSA) is 56.3 Å². The summed E-state index contributed by atoms with van der Waals surface area (Å²) in [5, 5.41) is 9.71. The van der Waals surface area contributed by atoms with E-state index in [-0.39, 0.29) is 30.6 Å². The van der Waals surface area contributed by atoms with Crippen molar-refractivity contribution >= 4 is 11.6 Å². The van der Waals surface area contributed by atoms with Crippen LogP contribution in [0, 0.1) is 11.8 Å². The smallest absolute Gasteiger partial charge is 0.227 e. The summed E-state index contributed by atoms with van der Waals surface area (Å²) in [7, 11) is 6.16. The molecule has 1 amide bonds. The van der Waals surface area contributed by atoms with Crippen molar-refractivity contribution < 1.29 is 14.6 Å². The van der Waals surface area contributed by atoms with Crippen molar-refractivity contribution in [2.45, 2.75) is 45.3 Å². The SMILES string of the molecule is C[C@@H]1CN([C@H](C)CO)C(=O)Cc2cc(N(C)C)ccc2O[C@H]1CN(C)CC1CC1. The molecule has 6 heteroatoms. The molecule has 1 fully saturated rings. The average Bonchev–Trinajstić information content (AvgIpc) is 3.48. The van der Waals surface area contributed by atoms with Gasteiger partial charge < -0.3 is 24.5 Å². The van der Waals surface area contributed by atoms with Crippen molar-refractivity contribution in [1.82, 2.24) is 9.80 Å². The summed E-state index contributed by atoms with van der Waals surface area (Å²) >= 11 is 0. The van der Waals surface area contributed by atoms with Crippen LogP contribution >= 0.6 is 0 Å². The minimum Gasteiger partial charge on any atom is -0.488 e. The molecule has 29 heavy (non-hydrogen) atoms. The molecule has 0 unspecified atom stereocenters. The van der Waals surface area contributed by atoms with Gasteiger partial charge in [-0.15, -0.1) is 0 Å². The quantitative estimate of drug-likeness (QED) is 0.757. The molecular formula is C23H37N3O3. The fourth-order valence-electron chi connectivity index (χ4n) is 4.03. The van der Waals surface area contributed by atoms with Gasteiger partial charge in [-0.3, -0.25) is 4.79 Å². The Bertz CT molecular complexity index is 705. The second-order valence-electron chi connectivity index (χ2n) is 9.24. The molecule has 0 bridgehead atoms. The summed E-state index contributed by atoms with van der Waals surface area (Å²) in [5.41, 5.74) is 1.97. The van der Waals surface area contributed by atoms with Crippen molar-refractivity contribution in [3.8, 4) is 5.75 Å². The molecule has 3 atom stereocenters. The van der Waals surface area contributed by atoms with E-state index in [2.05, 4.69) is 24.9 Å². The third-order valence-electron chi connectivity index (χ3n) is 6.17. The van der Waals surface area contributed by atoms with Crippen LogP contribution in [0.2, 0.25) is 0 Å². The number of fused-ring (bicyclic) bond motifs is 1. The molecule has 1 heterocycles. The third kappa shape index (κ3) is 5.64. The van der Waals surface area contributed by atoms with E-state index in [4.69, 9.17) is 4.74 Å². The lowest BCUT2D eigenvalue weighted by Gasteiger charge is -2.34. The van der Waals surface area contributed by atoms with Gasteiger partial charge in [-0.2, -0.15) is 0 Å². The number of likely N-dealkylation sites (N-methyl/N-ethyl adjacent to an activating group) is 1. The lowest BCUT2D eigenvalue weighted by Crippen LogP contribution is -2.47. The maximum Gasteiger partial charge on any atom is 0.227 e. The van der Waals surface area contributed by atoms with Gasteiger partial charge in [0.1, 0.15) is 11.9 Å². The van der Waals surface area contributed by atoms with E-state index >= 15 is 0 Å². The number of ether oxygens (including phenoxy) is 1. The highest BCUT2D eigenvalue weighted by molar-refractivity contribution is 5.80. The Morgan fingerprint density at radius 2 is 1.97 bits per heavy atom. The van der Waals surface area contributed by atoms with E-state index in [0.717, 1.165) is 36.0 Å². The highest BCUT2D eigenvalue weighted by atomic mass is 16.5. The average molecular weight is 404 g/mol. The van der Waals surface area contributed by atoms with Gasteiger partial charge in [0, 0.05) is 50.9 Å². The number of amides is 1. The monoisotopic (exact) mass is 403 g/mol. The van der Waals surface area contributed by atoms with Gasteiger partial charge in [-0.05, 0) is 50.9 Å². The zero-order chi connectivity index (χ0) is 21.1. The molecule has 6 nitrogen and oxygen atoms in total. The fraction of sp³-hybridized carbons (Fsp3) is 0.696. The molecule has 1 aliphatic heterocycles. The normalized spacial score (nSPS) is 23.7. The van der Waals surface area contributed by atoms with Crippen LogP contribution in [0.25, 0.3) is 0 Å². The van der Waals surface area contributed by atoms with Gasteiger partial charge in [0.15, 0.2) is 0 Å². The van der Waals surface area contributed by atoms with Crippen molar-refractivity contribution in [2.75, 3.05) is 52.3 Å². The lowest BCUT2D eigenvalue weighted by molar-refractivity contribution is -0.134. The number of hydrogen-bond donors (Lipinski definition) is 1.